The Kier molecular flexibility index (Phi) is 12.2. The van der Waals surface area contributed by atoms with E-state index in [1.165, 1.54) is 16.7 Å². The zero-order valence-electron chi connectivity index (χ0n) is 26.6. The third kappa shape index (κ3) is 11.0. The first kappa shape index (κ1) is 35.3. The Bertz CT molecular complexity index is 1750. The molecule has 1 saturated carbocycles. The first-order chi connectivity index (χ1) is 23.7. The average Bonchev–Trinajstić information content (AvgIpc) is 3.42. The van der Waals surface area contributed by atoms with E-state index < -0.39 is 12.1 Å². The number of carboxylic acids is 1. The number of hydrogen-bond donors (Lipinski definition) is 3. The van der Waals surface area contributed by atoms with E-state index in [4.69, 9.17) is 14.9 Å². The number of urea groups is 1. The summed E-state index contributed by atoms with van der Waals surface area (Å²) < 4.78 is 33.8. The first-order valence-electron chi connectivity index (χ1n) is 15.8. The van der Waals surface area contributed by atoms with Crippen LogP contribution in [-0.4, -0.2) is 55.3 Å². The van der Waals surface area contributed by atoms with E-state index in [-0.39, 0.29) is 12.1 Å². The van der Waals surface area contributed by atoms with Gasteiger partial charge in [-0.2, -0.15) is 13.2 Å². The highest BCUT2D eigenvalue weighted by molar-refractivity contribution is 7.13. The molecule has 2 aromatic heterocycles. The molecule has 2 amide bonds. The molecule has 2 atom stereocenters. The van der Waals surface area contributed by atoms with Gasteiger partial charge in [-0.15, -0.1) is 11.3 Å². The Balaban J connectivity index is 0.000000606. The van der Waals surface area contributed by atoms with Gasteiger partial charge in [0.1, 0.15) is 5.01 Å². The number of nitrogens with one attached hydrogen (secondary N) is 2. The first-order valence-corrected chi connectivity index (χ1v) is 16.7. The number of carboxylic acid groups (broad SMARTS) is 1. The van der Waals surface area contributed by atoms with Crippen molar-refractivity contribution in [3.63, 3.8) is 0 Å². The molecule has 6 rings (SSSR count). The van der Waals surface area contributed by atoms with Crippen LogP contribution in [0.15, 0.2) is 109 Å². The molecule has 1 aliphatic rings. The number of imidazole rings is 1. The summed E-state index contributed by atoms with van der Waals surface area (Å²) in [6.07, 6.45) is 2.29. The predicted octanol–water partition coefficient (Wildman–Crippen LogP) is 7.09. The summed E-state index contributed by atoms with van der Waals surface area (Å²) in [6, 6.07) is 29.6. The van der Waals surface area contributed by atoms with Crippen LogP contribution in [0.1, 0.15) is 41.1 Å². The molecule has 0 spiro atoms. The van der Waals surface area contributed by atoms with E-state index in [2.05, 4.69) is 93.8 Å². The maximum Gasteiger partial charge on any atom is 0.490 e. The maximum atomic E-state index is 13.4. The van der Waals surface area contributed by atoms with Gasteiger partial charge in [0.05, 0.1) is 18.6 Å². The smallest absolute Gasteiger partial charge is 0.475 e. The molecular weight excluding hydrogens is 653 g/mol. The molecular formula is C36H37F3N6O3S. The number of aromatic nitrogens is 3. The minimum absolute atomic E-state index is 0.0223. The lowest BCUT2D eigenvalue weighted by atomic mass is 10.1. The van der Waals surface area contributed by atoms with Crippen LogP contribution in [0.2, 0.25) is 0 Å². The van der Waals surface area contributed by atoms with E-state index in [9.17, 15) is 18.0 Å². The number of nitrogens with zero attached hydrogens (tertiary/aromatic N) is 4. The molecule has 0 aliphatic heterocycles. The van der Waals surface area contributed by atoms with Gasteiger partial charge >= 0.3 is 18.2 Å². The summed E-state index contributed by atoms with van der Waals surface area (Å²) in [4.78, 5) is 33.3. The Labute approximate surface area is 286 Å². The van der Waals surface area contributed by atoms with Gasteiger partial charge in [0.25, 0.3) is 0 Å². The number of alkyl halides is 3. The second kappa shape index (κ2) is 16.9. The van der Waals surface area contributed by atoms with E-state index in [1.54, 1.807) is 17.5 Å². The van der Waals surface area contributed by atoms with Crippen LogP contribution < -0.4 is 10.6 Å². The number of benzene rings is 3. The number of halogens is 3. The fourth-order valence-electron chi connectivity index (χ4n) is 5.21. The minimum Gasteiger partial charge on any atom is -0.475 e. The number of aryl methyl sites for hydroxylation is 1. The predicted molar refractivity (Wildman–Crippen MR) is 182 cm³/mol. The van der Waals surface area contributed by atoms with Crippen LogP contribution >= 0.6 is 11.3 Å². The van der Waals surface area contributed by atoms with Gasteiger partial charge in [-0.1, -0.05) is 84.9 Å². The zero-order chi connectivity index (χ0) is 34.6. The second-order valence-electron chi connectivity index (χ2n) is 11.6. The monoisotopic (exact) mass is 690 g/mol. The van der Waals surface area contributed by atoms with Gasteiger partial charge in [0.2, 0.25) is 0 Å². The average molecular weight is 691 g/mol. The molecule has 0 bridgehead atoms. The highest BCUT2D eigenvalue weighted by atomic mass is 32.1. The van der Waals surface area contributed by atoms with Crippen molar-refractivity contribution in [2.45, 2.75) is 57.2 Å². The summed E-state index contributed by atoms with van der Waals surface area (Å²) in [7, 11) is 0. The molecule has 5 aromatic rings. The quantitative estimate of drug-likeness (QED) is 0.122. The van der Waals surface area contributed by atoms with Crippen LogP contribution in [0.3, 0.4) is 0 Å². The largest absolute Gasteiger partial charge is 0.490 e. The van der Waals surface area contributed by atoms with Gasteiger partial charge in [-0.3, -0.25) is 0 Å². The fraction of sp³-hybridized carbons (Fsp3) is 0.278. The van der Waals surface area contributed by atoms with Crippen molar-refractivity contribution < 1.29 is 27.9 Å². The Hall–Kier alpha value is -5.01. The molecule has 3 aromatic carbocycles. The van der Waals surface area contributed by atoms with Gasteiger partial charge < -0.3 is 25.2 Å². The Morgan fingerprint density at radius 1 is 0.959 bits per heavy atom. The van der Waals surface area contributed by atoms with E-state index in [0.717, 1.165) is 48.7 Å². The minimum atomic E-state index is -5.08. The maximum absolute atomic E-state index is 13.4. The van der Waals surface area contributed by atoms with Gasteiger partial charge in [0, 0.05) is 61.5 Å². The normalized spacial score (nSPS) is 15.2. The van der Waals surface area contributed by atoms with Crippen LogP contribution in [0.5, 0.6) is 0 Å². The van der Waals surface area contributed by atoms with Crippen molar-refractivity contribution in [2.75, 3.05) is 6.54 Å². The number of hydrogen-bond acceptors (Lipinski definition) is 6. The van der Waals surface area contributed by atoms with E-state index in [0.29, 0.717) is 19.0 Å². The molecule has 1 aliphatic carbocycles. The molecule has 9 nitrogen and oxygen atoms in total. The topological polar surface area (TPSA) is 112 Å². The van der Waals surface area contributed by atoms with Gasteiger partial charge in [-0.05, 0) is 29.5 Å². The molecule has 13 heteroatoms. The summed E-state index contributed by atoms with van der Waals surface area (Å²) >= 11 is 1.63. The molecule has 1 fully saturated rings. The number of thiazole rings is 1. The lowest BCUT2D eigenvalue weighted by Gasteiger charge is -2.22. The summed E-state index contributed by atoms with van der Waals surface area (Å²) in [5.41, 5.74) is 5.81. The lowest BCUT2D eigenvalue weighted by molar-refractivity contribution is -0.192. The summed E-state index contributed by atoms with van der Waals surface area (Å²) in [5.74, 6) is -2.36. The number of carbonyl (C=O) groups is 2. The Morgan fingerprint density at radius 2 is 1.61 bits per heavy atom. The summed E-state index contributed by atoms with van der Waals surface area (Å²) in [6.45, 7) is 3.60. The van der Waals surface area contributed by atoms with Crippen molar-refractivity contribution in [3.8, 4) is 10.6 Å². The van der Waals surface area contributed by atoms with Crippen LogP contribution in [-0.2, 0) is 31.0 Å². The molecule has 0 radical (unpaired) electrons. The van der Waals surface area contributed by atoms with Gasteiger partial charge in [0.15, 0.2) is 0 Å². The SMILES string of the molecule is O=C(NC1CC1c1ccccc1)N(CCCn1ccnc1)Cc1csc(-c2ccc(CNCc3ccccc3)cc2)n1.O=C(O)C(F)(F)F. The Morgan fingerprint density at radius 3 is 2.24 bits per heavy atom. The molecule has 256 valence electrons. The highest BCUT2D eigenvalue weighted by Crippen LogP contribution is 2.40. The number of aliphatic carboxylic acids is 1. The summed E-state index contributed by atoms with van der Waals surface area (Å²) in [5, 5.41) is 17.0. The fourth-order valence-corrected chi connectivity index (χ4v) is 6.03. The third-order valence-corrected chi connectivity index (χ3v) is 8.81. The number of carbonyl (C=O) groups excluding carboxylic acids is 1. The van der Waals surface area contributed by atoms with Crippen molar-refractivity contribution in [2.24, 2.45) is 0 Å². The van der Waals surface area contributed by atoms with Crippen molar-refractivity contribution >= 4 is 23.3 Å². The van der Waals surface area contributed by atoms with E-state index >= 15 is 0 Å². The number of amides is 2. The van der Waals surface area contributed by atoms with Crippen LogP contribution in [0.25, 0.3) is 10.6 Å². The van der Waals surface area contributed by atoms with Crippen LogP contribution in [0, 0.1) is 0 Å². The second-order valence-corrected chi connectivity index (χ2v) is 12.5. The van der Waals surface area contributed by atoms with Crippen molar-refractivity contribution in [1.29, 1.82) is 0 Å². The molecule has 2 heterocycles. The lowest BCUT2D eigenvalue weighted by Crippen LogP contribution is -2.41. The van der Waals surface area contributed by atoms with Crippen LogP contribution in [0.4, 0.5) is 18.0 Å². The molecule has 49 heavy (non-hydrogen) atoms. The van der Waals surface area contributed by atoms with Crippen molar-refractivity contribution in [1.82, 2.24) is 30.1 Å². The van der Waals surface area contributed by atoms with Crippen molar-refractivity contribution in [3.05, 3.63) is 131 Å². The number of rotatable bonds is 13. The standard InChI is InChI=1S/C34H36N6OS.C2HF3O2/c41-34(38-32-20-31(32)28-10-5-2-6-11-28)40(18-7-17-39-19-16-35-25-39)23-30-24-42-33(37-30)29-14-12-27(13-15-29)22-36-21-26-8-3-1-4-9-26;3-2(4,5)1(6)7/h1-6,8-16,19,24-25,31-32,36H,7,17-18,20-23H2,(H,38,41);(H,6,7). The third-order valence-electron chi connectivity index (χ3n) is 7.87. The highest BCUT2D eigenvalue weighted by Gasteiger charge is 2.40. The van der Waals surface area contributed by atoms with Gasteiger partial charge in [-0.25, -0.2) is 19.6 Å². The molecule has 3 N–H and O–H groups in total. The zero-order valence-corrected chi connectivity index (χ0v) is 27.4. The molecule has 0 saturated heterocycles. The van der Waals surface area contributed by atoms with E-state index in [1.807, 2.05) is 34.1 Å². The molecule has 2 unspecified atom stereocenters.